The van der Waals surface area contributed by atoms with E-state index in [4.69, 9.17) is 37.5 Å². The molecule has 4 nitrogen and oxygen atoms in total. The van der Waals surface area contributed by atoms with Crippen molar-refractivity contribution in [2.75, 3.05) is 19.8 Å². The van der Waals surface area contributed by atoms with Gasteiger partial charge in [0.1, 0.15) is 18.2 Å². The molecule has 1 aromatic rings. The molecule has 0 aromatic heterocycles. The van der Waals surface area contributed by atoms with Gasteiger partial charge in [0, 0.05) is 6.07 Å². The van der Waals surface area contributed by atoms with E-state index in [9.17, 15) is 4.39 Å². The van der Waals surface area contributed by atoms with Gasteiger partial charge in [0.2, 0.25) is 0 Å². The maximum atomic E-state index is 14.3. The molecule has 0 aliphatic rings. The summed E-state index contributed by atoms with van der Waals surface area (Å²) >= 11 is 18.6. The largest absolute Gasteiger partial charge is 0.490 e. The van der Waals surface area contributed by atoms with Gasteiger partial charge < -0.3 is 14.3 Å². The van der Waals surface area contributed by atoms with Crippen LogP contribution in [0.5, 0.6) is 11.5 Å². The van der Waals surface area contributed by atoms with E-state index in [0.717, 1.165) is 31.4 Å². The molecule has 0 aliphatic carbocycles. The van der Waals surface area contributed by atoms with Gasteiger partial charge in [-0.2, -0.15) is 0 Å². The van der Waals surface area contributed by atoms with Gasteiger partial charge in [-0.05, 0) is 77.5 Å². The zero-order valence-electron chi connectivity index (χ0n) is 15.2. The topological polar surface area (TPSA) is 40.0 Å². The lowest BCUT2D eigenvalue weighted by Gasteiger charge is -2.13. The Morgan fingerprint density at radius 1 is 1.11 bits per heavy atom. The first kappa shape index (κ1) is 24.5. The van der Waals surface area contributed by atoms with Crippen LogP contribution < -0.4 is 9.47 Å². The molecule has 152 valence electrons. The van der Waals surface area contributed by atoms with Crippen molar-refractivity contribution in [2.24, 2.45) is 5.16 Å². The van der Waals surface area contributed by atoms with Crippen LogP contribution in [0.25, 0.3) is 0 Å². The van der Waals surface area contributed by atoms with E-state index in [0.29, 0.717) is 16.6 Å². The molecule has 0 unspecified atom stereocenters. The molecule has 0 spiro atoms. The van der Waals surface area contributed by atoms with Crippen molar-refractivity contribution in [3.05, 3.63) is 31.4 Å². The van der Waals surface area contributed by atoms with Crippen molar-refractivity contribution >= 4 is 60.8 Å². The van der Waals surface area contributed by atoms with Crippen molar-refractivity contribution < 1.29 is 18.7 Å². The molecular formula is C18H22Br2Cl2FNO3. The predicted octanol–water partition coefficient (Wildman–Crippen LogP) is 7.49. The fourth-order valence-electron chi connectivity index (χ4n) is 1.96. The molecule has 0 aliphatic heterocycles. The predicted molar refractivity (Wildman–Crippen MR) is 117 cm³/mol. The lowest BCUT2D eigenvalue weighted by molar-refractivity contribution is 0.139. The first-order valence-corrected chi connectivity index (χ1v) is 10.7. The number of hydrogen-bond donors (Lipinski definition) is 0. The number of hydrogen-bond acceptors (Lipinski definition) is 4. The van der Waals surface area contributed by atoms with Crippen LogP contribution in [-0.2, 0) is 4.84 Å². The normalized spacial score (nSPS) is 10.3. The molecular weight excluding hydrogens is 528 g/mol. The maximum absolute atomic E-state index is 14.3. The first-order valence-electron chi connectivity index (χ1n) is 8.40. The summed E-state index contributed by atoms with van der Waals surface area (Å²) < 4.78 is 25.9. The zero-order valence-corrected chi connectivity index (χ0v) is 19.9. The Hall–Kier alpha value is -0.500. The van der Waals surface area contributed by atoms with Crippen molar-refractivity contribution in [3.8, 4) is 11.5 Å². The van der Waals surface area contributed by atoms with E-state index in [-0.39, 0.29) is 28.2 Å². The van der Waals surface area contributed by atoms with Crippen LogP contribution in [0, 0.1) is 5.82 Å². The summed E-state index contributed by atoms with van der Waals surface area (Å²) in [5, 5.41) is 3.90. The van der Waals surface area contributed by atoms with Gasteiger partial charge in [0.25, 0.3) is 0 Å². The molecule has 1 rings (SSSR count). The average molecular weight is 550 g/mol. The number of nitrogens with zero attached hydrogens (tertiary/aromatic N) is 1. The molecule has 0 N–H and O–H groups in total. The fourth-order valence-corrected chi connectivity index (χ4v) is 2.77. The Balaban J connectivity index is 2.41. The summed E-state index contributed by atoms with van der Waals surface area (Å²) in [6, 6.07) is 1.36. The van der Waals surface area contributed by atoms with Crippen LogP contribution in [0.4, 0.5) is 4.39 Å². The summed E-state index contributed by atoms with van der Waals surface area (Å²) in [6.07, 6.45) is 5.32. The average Bonchev–Trinajstić information content (AvgIpc) is 2.59. The summed E-state index contributed by atoms with van der Waals surface area (Å²) in [6.45, 7) is 4.91. The molecule has 0 fully saturated rings. The smallest absolute Gasteiger partial charge is 0.187 e. The molecule has 0 saturated heterocycles. The standard InChI is InChI=1S/C18H22Br2Cl2FNO3/c1-12(2)24-27-9-6-4-3-5-8-26-18-13(21)11-14(17(23)16(18)22)25-10-7-15(19)20/h7,11H,3-6,8-10H2,1-2H3. The molecule has 27 heavy (non-hydrogen) atoms. The van der Waals surface area contributed by atoms with Crippen LogP contribution in [0.15, 0.2) is 20.7 Å². The Kier molecular flexibility index (Phi) is 12.4. The Morgan fingerprint density at radius 3 is 2.41 bits per heavy atom. The Morgan fingerprint density at radius 2 is 1.78 bits per heavy atom. The van der Waals surface area contributed by atoms with E-state index in [1.807, 2.05) is 13.8 Å². The van der Waals surface area contributed by atoms with Gasteiger partial charge in [-0.1, -0.05) is 28.4 Å². The molecule has 0 saturated carbocycles. The summed E-state index contributed by atoms with van der Waals surface area (Å²) in [7, 11) is 0. The number of ether oxygens (including phenoxy) is 2. The highest BCUT2D eigenvalue weighted by atomic mass is 79.9. The SMILES string of the molecule is CC(C)=NOCCCCCCOc1c(Cl)cc(OCC=C(Br)Br)c(F)c1Cl. The Bertz CT molecular complexity index is 664. The quantitative estimate of drug-likeness (QED) is 0.117. The van der Waals surface area contributed by atoms with E-state index in [1.54, 1.807) is 6.08 Å². The van der Waals surface area contributed by atoms with Crippen molar-refractivity contribution in [1.82, 2.24) is 0 Å². The molecule has 0 radical (unpaired) electrons. The number of rotatable bonds is 12. The first-order chi connectivity index (χ1) is 12.8. The van der Waals surface area contributed by atoms with Gasteiger partial charge >= 0.3 is 0 Å². The summed E-state index contributed by atoms with van der Waals surface area (Å²) in [5.41, 5.74) is 0.897. The molecule has 0 heterocycles. The van der Waals surface area contributed by atoms with Crippen LogP contribution in [-0.4, -0.2) is 25.5 Å². The fraction of sp³-hybridized carbons (Fsp3) is 0.500. The minimum atomic E-state index is -0.695. The van der Waals surface area contributed by atoms with Crippen molar-refractivity contribution in [2.45, 2.75) is 39.5 Å². The third-order valence-electron chi connectivity index (χ3n) is 3.18. The number of oxime groups is 1. The van der Waals surface area contributed by atoms with Crippen LogP contribution in [0.1, 0.15) is 39.5 Å². The maximum Gasteiger partial charge on any atom is 0.187 e. The summed E-state index contributed by atoms with van der Waals surface area (Å²) in [4.78, 5) is 5.13. The zero-order chi connectivity index (χ0) is 20.2. The van der Waals surface area contributed by atoms with Crippen LogP contribution in [0.3, 0.4) is 0 Å². The van der Waals surface area contributed by atoms with E-state index in [1.165, 1.54) is 6.07 Å². The van der Waals surface area contributed by atoms with Crippen molar-refractivity contribution in [1.29, 1.82) is 0 Å². The second kappa shape index (κ2) is 13.6. The number of benzene rings is 1. The monoisotopic (exact) mass is 547 g/mol. The van der Waals surface area contributed by atoms with Gasteiger partial charge in [-0.15, -0.1) is 0 Å². The molecule has 0 bridgehead atoms. The lowest BCUT2D eigenvalue weighted by atomic mass is 10.2. The van der Waals surface area contributed by atoms with E-state index in [2.05, 4.69) is 37.0 Å². The second-order valence-corrected chi connectivity index (χ2v) is 9.31. The molecule has 1 aromatic carbocycles. The molecule has 9 heteroatoms. The highest BCUT2D eigenvalue weighted by molar-refractivity contribution is 9.28. The van der Waals surface area contributed by atoms with Crippen LogP contribution >= 0.6 is 55.1 Å². The Labute approximate surface area is 186 Å². The third kappa shape index (κ3) is 10.0. The highest BCUT2D eigenvalue weighted by Gasteiger charge is 2.18. The third-order valence-corrected chi connectivity index (χ3v) is 4.45. The van der Waals surface area contributed by atoms with Crippen molar-refractivity contribution in [3.63, 3.8) is 0 Å². The lowest BCUT2D eigenvalue weighted by Crippen LogP contribution is -2.02. The summed E-state index contributed by atoms with van der Waals surface area (Å²) in [5.74, 6) is -0.588. The highest BCUT2D eigenvalue weighted by Crippen LogP contribution is 2.40. The van der Waals surface area contributed by atoms with Gasteiger partial charge in [0.15, 0.2) is 17.3 Å². The van der Waals surface area contributed by atoms with Gasteiger partial charge in [0.05, 0.1) is 20.7 Å². The second-order valence-electron chi connectivity index (χ2n) is 5.75. The minimum Gasteiger partial charge on any atom is -0.490 e. The molecule has 0 atom stereocenters. The van der Waals surface area contributed by atoms with E-state index >= 15 is 0 Å². The van der Waals surface area contributed by atoms with E-state index < -0.39 is 5.82 Å². The number of unbranched alkanes of at least 4 members (excludes halogenated alkanes) is 3. The van der Waals surface area contributed by atoms with Gasteiger partial charge in [-0.3, -0.25) is 0 Å². The minimum absolute atomic E-state index is 0.0279. The van der Waals surface area contributed by atoms with Gasteiger partial charge in [-0.25, -0.2) is 4.39 Å². The number of halogens is 5. The molecule has 0 amide bonds. The van der Waals surface area contributed by atoms with Crippen LogP contribution in [0.2, 0.25) is 10.0 Å².